The Balaban J connectivity index is 1.88. The highest BCUT2D eigenvalue weighted by atomic mass is 16.5. The van der Waals surface area contributed by atoms with Gasteiger partial charge in [0.05, 0.1) is 24.4 Å². The van der Waals surface area contributed by atoms with E-state index in [9.17, 15) is 5.11 Å². The van der Waals surface area contributed by atoms with E-state index in [1.54, 1.807) is 18.2 Å². The van der Waals surface area contributed by atoms with Gasteiger partial charge in [-0.25, -0.2) is 0 Å². The van der Waals surface area contributed by atoms with Crippen molar-refractivity contribution in [3.63, 3.8) is 0 Å². The van der Waals surface area contributed by atoms with Crippen LogP contribution in [0.5, 0.6) is 17.2 Å². The first-order valence-corrected chi connectivity index (χ1v) is 8.24. The first-order chi connectivity index (χ1) is 14.0. The minimum absolute atomic E-state index is 0.125. The zero-order valence-electron chi connectivity index (χ0n) is 19.6. The standard InChI is InChI=1S/C21H28O4/c1-16-7-6-10-19(13-16)25-15-18(22)9-5-4-8-17-11-12-20(23-2)21(14-17)24-3/h6-7,10-14,18,22H,4-5,8-9,15H2,1-3H3/i2D3,9D2. The van der Waals surface area contributed by atoms with E-state index in [4.69, 9.17) is 21.1 Å². The summed E-state index contributed by atoms with van der Waals surface area (Å²) in [7, 11) is -1.14. The zero-order valence-corrected chi connectivity index (χ0v) is 14.6. The molecule has 4 nitrogen and oxygen atoms in total. The predicted octanol–water partition coefficient (Wildman–Crippen LogP) is 4.16. The SMILES string of the molecule is [2H]C([2H])([2H])Oc1ccc(CCCC([2H])([2H])C(O)COc2cccc(C)c2)cc1OC. The number of aryl methyl sites for hydroxylation is 2. The molecule has 25 heavy (non-hydrogen) atoms. The molecule has 0 aliphatic carbocycles. The summed E-state index contributed by atoms with van der Waals surface area (Å²) in [4.78, 5) is 0. The van der Waals surface area contributed by atoms with Crippen molar-refractivity contribution in [1.82, 2.24) is 0 Å². The van der Waals surface area contributed by atoms with E-state index >= 15 is 0 Å². The molecule has 0 bridgehead atoms. The second-order valence-corrected chi connectivity index (χ2v) is 5.79. The third kappa shape index (κ3) is 6.31. The monoisotopic (exact) mass is 349 g/mol. The van der Waals surface area contributed by atoms with Crippen LogP contribution in [-0.2, 0) is 6.42 Å². The van der Waals surface area contributed by atoms with Gasteiger partial charge in [0.25, 0.3) is 0 Å². The lowest BCUT2D eigenvalue weighted by Gasteiger charge is -2.13. The minimum Gasteiger partial charge on any atom is -0.493 e. The quantitative estimate of drug-likeness (QED) is 0.699. The average molecular weight is 349 g/mol. The van der Waals surface area contributed by atoms with E-state index in [1.807, 2.05) is 25.1 Å². The molecule has 0 aliphatic heterocycles. The van der Waals surface area contributed by atoms with Crippen LogP contribution in [-0.4, -0.2) is 32.0 Å². The van der Waals surface area contributed by atoms with Crippen molar-refractivity contribution in [2.45, 2.75) is 38.7 Å². The Morgan fingerprint density at radius 2 is 2.00 bits per heavy atom. The lowest BCUT2D eigenvalue weighted by Crippen LogP contribution is -2.17. The van der Waals surface area contributed by atoms with Crippen molar-refractivity contribution in [3.8, 4) is 17.2 Å². The Morgan fingerprint density at radius 3 is 2.76 bits per heavy atom. The molecule has 0 spiro atoms. The fourth-order valence-electron chi connectivity index (χ4n) is 2.45. The minimum atomic E-state index is -2.57. The molecule has 0 saturated carbocycles. The van der Waals surface area contributed by atoms with Gasteiger partial charge in [-0.15, -0.1) is 0 Å². The van der Waals surface area contributed by atoms with Gasteiger partial charge in [0, 0.05) is 2.74 Å². The molecule has 2 aromatic carbocycles. The molecular formula is C21H28O4. The Bertz CT molecular complexity index is 823. The number of hydrogen-bond acceptors (Lipinski definition) is 4. The third-order valence-electron chi connectivity index (χ3n) is 3.76. The molecule has 1 atom stereocenters. The van der Waals surface area contributed by atoms with Crippen LogP contribution < -0.4 is 14.2 Å². The first kappa shape index (κ1) is 13.1. The highest BCUT2D eigenvalue weighted by Crippen LogP contribution is 2.28. The number of aliphatic hydroxyl groups excluding tert-OH is 1. The van der Waals surface area contributed by atoms with Crippen molar-refractivity contribution in [1.29, 1.82) is 0 Å². The summed E-state index contributed by atoms with van der Waals surface area (Å²) >= 11 is 0. The number of aliphatic hydroxyl groups is 1. The molecule has 1 unspecified atom stereocenters. The summed E-state index contributed by atoms with van der Waals surface area (Å²) in [5.41, 5.74) is 1.88. The van der Waals surface area contributed by atoms with E-state index in [0.29, 0.717) is 24.3 Å². The van der Waals surface area contributed by atoms with Gasteiger partial charge >= 0.3 is 0 Å². The molecule has 0 saturated heterocycles. The van der Waals surface area contributed by atoms with Gasteiger partial charge in [0.1, 0.15) is 12.4 Å². The number of methoxy groups -OCH3 is 2. The van der Waals surface area contributed by atoms with Gasteiger partial charge in [0.2, 0.25) is 0 Å². The highest BCUT2D eigenvalue weighted by molar-refractivity contribution is 5.42. The second-order valence-electron chi connectivity index (χ2n) is 5.79. The van der Waals surface area contributed by atoms with Crippen molar-refractivity contribution in [2.24, 2.45) is 0 Å². The lowest BCUT2D eigenvalue weighted by molar-refractivity contribution is 0.0976. The summed E-state index contributed by atoms with van der Waals surface area (Å²) < 4.78 is 53.5. The third-order valence-corrected chi connectivity index (χ3v) is 3.76. The Labute approximate surface area is 157 Å². The molecule has 0 aliphatic rings. The van der Waals surface area contributed by atoms with Crippen molar-refractivity contribution < 1.29 is 26.2 Å². The van der Waals surface area contributed by atoms with Crippen LogP contribution in [0.3, 0.4) is 0 Å². The number of ether oxygens (including phenoxy) is 3. The van der Waals surface area contributed by atoms with Crippen LogP contribution in [0, 0.1) is 6.92 Å². The van der Waals surface area contributed by atoms with Gasteiger partial charge in [-0.2, -0.15) is 0 Å². The second kappa shape index (κ2) is 9.94. The molecule has 1 N–H and O–H groups in total. The van der Waals surface area contributed by atoms with Gasteiger partial charge in [0.15, 0.2) is 11.5 Å². The van der Waals surface area contributed by atoms with E-state index in [-0.39, 0.29) is 18.8 Å². The molecule has 2 rings (SSSR count). The molecule has 0 heterocycles. The van der Waals surface area contributed by atoms with Gasteiger partial charge in [-0.3, -0.25) is 0 Å². The Hall–Kier alpha value is -2.20. The van der Waals surface area contributed by atoms with Crippen molar-refractivity contribution in [3.05, 3.63) is 53.6 Å². The predicted molar refractivity (Wildman–Crippen MR) is 99.8 cm³/mol. The van der Waals surface area contributed by atoms with E-state index in [1.165, 1.54) is 13.2 Å². The van der Waals surface area contributed by atoms with E-state index < -0.39 is 19.5 Å². The fourth-order valence-corrected chi connectivity index (χ4v) is 2.45. The van der Waals surface area contributed by atoms with E-state index in [0.717, 1.165) is 11.1 Å². The highest BCUT2D eigenvalue weighted by Gasteiger charge is 2.07. The summed E-state index contributed by atoms with van der Waals surface area (Å²) in [6, 6.07) is 12.3. The summed E-state index contributed by atoms with van der Waals surface area (Å²) in [6.07, 6.45) is -1.91. The summed E-state index contributed by atoms with van der Waals surface area (Å²) in [5.74, 6) is 1.02. The van der Waals surface area contributed by atoms with Crippen molar-refractivity contribution in [2.75, 3.05) is 20.8 Å². The maximum atomic E-state index is 10.2. The number of hydrogen-bond donors (Lipinski definition) is 1. The topological polar surface area (TPSA) is 47.9 Å². The van der Waals surface area contributed by atoms with E-state index in [2.05, 4.69) is 0 Å². The fraction of sp³-hybridized carbons (Fsp3) is 0.429. The largest absolute Gasteiger partial charge is 0.493 e. The number of rotatable bonds is 10. The van der Waals surface area contributed by atoms with Gasteiger partial charge < -0.3 is 19.3 Å². The average Bonchev–Trinajstić information content (AvgIpc) is 2.66. The Morgan fingerprint density at radius 1 is 1.12 bits per heavy atom. The van der Waals surface area contributed by atoms with Gasteiger partial charge in [-0.05, 0) is 61.5 Å². The molecule has 0 radical (unpaired) electrons. The zero-order chi connectivity index (χ0) is 22.4. The molecular weight excluding hydrogens is 316 g/mol. The summed E-state index contributed by atoms with van der Waals surface area (Å²) in [6.45, 7) is 1.80. The van der Waals surface area contributed by atoms with Crippen molar-refractivity contribution >= 4 is 0 Å². The maximum absolute atomic E-state index is 10.2. The van der Waals surface area contributed by atoms with Crippen LogP contribution in [0.25, 0.3) is 0 Å². The molecule has 136 valence electrons. The molecule has 0 fully saturated rings. The maximum Gasteiger partial charge on any atom is 0.160 e. The summed E-state index contributed by atoms with van der Waals surface area (Å²) in [5, 5.41) is 10.2. The molecule has 2 aromatic rings. The van der Waals surface area contributed by atoms with Gasteiger partial charge in [-0.1, -0.05) is 24.6 Å². The van der Waals surface area contributed by atoms with Crippen LogP contribution >= 0.6 is 0 Å². The Kier molecular flexibility index (Phi) is 5.20. The van der Waals surface area contributed by atoms with Crippen LogP contribution in [0.15, 0.2) is 42.5 Å². The molecule has 0 aromatic heterocycles. The van der Waals surface area contributed by atoms with Crippen LogP contribution in [0.4, 0.5) is 0 Å². The molecule has 0 amide bonds. The smallest absolute Gasteiger partial charge is 0.160 e. The normalized spacial score (nSPS) is 15.9. The lowest BCUT2D eigenvalue weighted by atomic mass is 10.0. The molecule has 4 heteroatoms. The van der Waals surface area contributed by atoms with Crippen LogP contribution in [0.2, 0.25) is 0 Å². The van der Waals surface area contributed by atoms with Crippen LogP contribution in [0.1, 0.15) is 37.2 Å². The number of benzene rings is 2. The first-order valence-electron chi connectivity index (χ1n) is 10.7.